The zero-order valence-electron chi connectivity index (χ0n) is 17.6. The Balaban J connectivity index is 2.43. The van der Waals surface area contributed by atoms with Gasteiger partial charge in [0.2, 0.25) is 0 Å². The molecule has 0 fully saturated rings. The van der Waals surface area contributed by atoms with Crippen LogP contribution in [0.25, 0.3) is 0 Å². The summed E-state index contributed by atoms with van der Waals surface area (Å²) in [7, 11) is -3.78. The average molecular weight is 480 g/mol. The summed E-state index contributed by atoms with van der Waals surface area (Å²) in [4.78, 5) is 0. The summed E-state index contributed by atoms with van der Waals surface area (Å²) < 4.78 is 69.6. The quantitative estimate of drug-likeness (QED) is 0.270. The van der Waals surface area contributed by atoms with Gasteiger partial charge in [0.05, 0.1) is 12.2 Å². The van der Waals surface area contributed by atoms with E-state index in [0.717, 1.165) is 0 Å². The molecular weight excluding hydrogens is 454 g/mol. The summed E-state index contributed by atoms with van der Waals surface area (Å²) in [6, 6.07) is 14.2. The Morgan fingerprint density at radius 2 is 1.55 bits per heavy atom. The zero-order valence-corrected chi connectivity index (χ0v) is 19.2. The Labute approximate surface area is 185 Å². The molecule has 0 saturated carbocycles. The molecule has 31 heavy (non-hydrogen) atoms. The predicted molar refractivity (Wildman–Crippen MR) is 116 cm³/mol. The standard InChI is InChI=1S/C21H26ClF3NO4P/c1-14(2)29-31(27,30-15(3)4)19(16-9-6-5-7-10-16)26-17-11-8-12-18(13-17)28-21(24,25)20(22)23/h5-15,19-20,26H,1-4H3. The van der Waals surface area contributed by atoms with Gasteiger partial charge in [-0.15, -0.1) is 0 Å². The first-order valence-electron chi connectivity index (χ1n) is 9.66. The molecule has 2 atom stereocenters. The molecule has 0 saturated heterocycles. The summed E-state index contributed by atoms with van der Waals surface area (Å²) in [5.41, 5.74) is -2.12. The lowest BCUT2D eigenvalue weighted by molar-refractivity contribution is -0.199. The van der Waals surface area contributed by atoms with Crippen molar-refractivity contribution in [2.24, 2.45) is 0 Å². The van der Waals surface area contributed by atoms with Crippen LogP contribution in [0.2, 0.25) is 0 Å². The Hall–Kier alpha value is -1.73. The van der Waals surface area contributed by atoms with Crippen LogP contribution in [-0.4, -0.2) is 23.9 Å². The van der Waals surface area contributed by atoms with E-state index in [1.807, 2.05) is 0 Å². The second kappa shape index (κ2) is 10.7. The predicted octanol–water partition coefficient (Wildman–Crippen LogP) is 7.35. The van der Waals surface area contributed by atoms with Crippen molar-refractivity contribution in [2.75, 3.05) is 5.32 Å². The minimum Gasteiger partial charge on any atom is -0.429 e. The van der Waals surface area contributed by atoms with Crippen LogP contribution in [0.15, 0.2) is 54.6 Å². The number of benzene rings is 2. The van der Waals surface area contributed by atoms with E-state index in [2.05, 4.69) is 10.1 Å². The van der Waals surface area contributed by atoms with Crippen LogP contribution in [-0.2, 0) is 13.6 Å². The molecule has 5 nitrogen and oxygen atoms in total. The minimum absolute atomic E-state index is 0.284. The van der Waals surface area contributed by atoms with E-state index in [9.17, 15) is 17.7 Å². The number of rotatable bonds is 11. The Morgan fingerprint density at radius 3 is 2.06 bits per heavy atom. The van der Waals surface area contributed by atoms with Crippen LogP contribution >= 0.6 is 19.2 Å². The van der Waals surface area contributed by atoms with Crippen molar-refractivity contribution in [3.63, 3.8) is 0 Å². The molecule has 0 aromatic heterocycles. The van der Waals surface area contributed by atoms with Crippen LogP contribution < -0.4 is 10.1 Å². The van der Waals surface area contributed by atoms with Gasteiger partial charge in [0.1, 0.15) is 5.75 Å². The van der Waals surface area contributed by atoms with Crippen LogP contribution in [0, 0.1) is 0 Å². The molecule has 0 aliphatic rings. The Bertz CT molecular complexity index is 870. The zero-order chi connectivity index (χ0) is 23.2. The molecule has 2 rings (SSSR count). The van der Waals surface area contributed by atoms with E-state index in [1.165, 1.54) is 18.2 Å². The smallest absolute Gasteiger partial charge is 0.429 e. The van der Waals surface area contributed by atoms with Gasteiger partial charge in [0.15, 0.2) is 5.78 Å². The number of alkyl halides is 4. The highest BCUT2D eigenvalue weighted by molar-refractivity contribution is 7.54. The maximum atomic E-state index is 13.8. The third kappa shape index (κ3) is 7.42. The van der Waals surface area contributed by atoms with Gasteiger partial charge < -0.3 is 19.1 Å². The fourth-order valence-corrected chi connectivity index (χ4v) is 5.08. The molecule has 10 heteroatoms. The van der Waals surface area contributed by atoms with E-state index in [1.54, 1.807) is 64.1 Å². The van der Waals surface area contributed by atoms with Crippen molar-refractivity contribution < 1.29 is 31.5 Å². The molecule has 0 radical (unpaired) electrons. The highest BCUT2D eigenvalue weighted by Gasteiger charge is 2.42. The molecule has 2 aromatic rings. The van der Waals surface area contributed by atoms with E-state index in [-0.39, 0.29) is 11.4 Å². The second-order valence-corrected chi connectivity index (χ2v) is 9.70. The maximum Gasteiger partial charge on any atom is 0.444 e. The van der Waals surface area contributed by atoms with Gasteiger partial charge in [-0.2, -0.15) is 8.78 Å². The van der Waals surface area contributed by atoms with Crippen molar-refractivity contribution in [1.29, 1.82) is 0 Å². The molecule has 0 aliphatic carbocycles. The summed E-state index contributed by atoms with van der Waals surface area (Å²) in [5.74, 6) is -1.27. The lowest BCUT2D eigenvalue weighted by atomic mass is 10.2. The molecule has 2 aromatic carbocycles. The molecule has 0 bridgehead atoms. The Morgan fingerprint density at radius 1 is 0.968 bits per heavy atom. The maximum absolute atomic E-state index is 13.8. The third-order valence-corrected chi connectivity index (χ3v) is 6.54. The molecule has 2 unspecified atom stereocenters. The first kappa shape index (κ1) is 25.5. The molecule has 0 aliphatic heterocycles. The van der Waals surface area contributed by atoms with Crippen LogP contribution in [0.5, 0.6) is 5.75 Å². The lowest BCUT2D eigenvalue weighted by Crippen LogP contribution is -2.32. The fourth-order valence-electron chi connectivity index (χ4n) is 2.72. The topological polar surface area (TPSA) is 56.8 Å². The molecule has 0 heterocycles. The van der Waals surface area contributed by atoms with Gasteiger partial charge in [-0.25, -0.2) is 4.39 Å². The normalized spacial score (nSPS) is 14.5. The van der Waals surface area contributed by atoms with Crippen molar-refractivity contribution >= 4 is 24.9 Å². The lowest BCUT2D eigenvalue weighted by Gasteiger charge is -2.31. The number of nitrogens with one attached hydrogen (secondary N) is 1. The largest absolute Gasteiger partial charge is 0.444 e. The van der Waals surface area contributed by atoms with Crippen LogP contribution in [0.4, 0.5) is 18.9 Å². The number of halogens is 4. The molecule has 172 valence electrons. The van der Waals surface area contributed by atoms with Gasteiger partial charge in [-0.3, -0.25) is 4.57 Å². The summed E-state index contributed by atoms with van der Waals surface area (Å²) in [6.07, 6.45) is -5.03. The van der Waals surface area contributed by atoms with Crippen LogP contribution in [0.3, 0.4) is 0 Å². The first-order valence-corrected chi connectivity index (χ1v) is 11.7. The van der Waals surface area contributed by atoms with Crippen molar-refractivity contribution in [3.05, 3.63) is 60.2 Å². The molecule has 0 amide bonds. The first-order chi connectivity index (χ1) is 14.4. The van der Waals surface area contributed by atoms with Crippen molar-refractivity contribution in [2.45, 2.75) is 57.4 Å². The fraction of sp³-hybridized carbons (Fsp3) is 0.429. The van der Waals surface area contributed by atoms with E-state index < -0.39 is 37.3 Å². The van der Waals surface area contributed by atoms with Crippen molar-refractivity contribution in [3.8, 4) is 5.75 Å². The number of ether oxygens (including phenoxy) is 1. The monoisotopic (exact) mass is 479 g/mol. The number of hydrogen-bond donors (Lipinski definition) is 1. The highest BCUT2D eigenvalue weighted by atomic mass is 35.5. The average Bonchev–Trinajstić information content (AvgIpc) is 2.65. The van der Waals surface area contributed by atoms with Gasteiger partial charge in [-0.1, -0.05) is 48.0 Å². The highest BCUT2D eigenvalue weighted by Crippen LogP contribution is 2.62. The minimum atomic E-state index is -4.21. The number of anilines is 1. The SMILES string of the molecule is CC(C)OP(=O)(OC(C)C)C(Nc1cccc(OC(F)(F)C(F)Cl)c1)c1ccccc1. The van der Waals surface area contributed by atoms with E-state index in [0.29, 0.717) is 5.56 Å². The second-order valence-electron chi connectivity index (χ2n) is 7.30. The Kier molecular flexibility index (Phi) is 8.83. The van der Waals surface area contributed by atoms with E-state index in [4.69, 9.17) is 20.6 Å². The molecular formula is C21H26ClF3NO4P. The third-order valence-electron chi connectivity index (χ3n) is 3.79. The summed E-state index contributed by atoms with van der Waals surface area (Å²) >= 11 is 4.85. The van der Waals surface area contributed by atoms with Gasteiger partial charge in [0.25, 0.3) is 5.63 Å². The van der Waals surface area contributed by atoms with Gasteiger partial charge in [-0.05, 0) is 45.4 Å². The van der Waals surface area contributed by atoms with Crippen molar-refractivity contribution in [1.82, 2.24) is 0 Å². The molecule has 1 N–H and O–H groups in total. The van der Waals surface area contributed by atoms with Crippen LogP contribution in [0.1, 0.15) is 39.0 Å². The van der Waals surface area contributed by atoms with Gasteiger partial charge in [0, 0.05) is 11.8 Å². The summed E-state index contributed by atoms with van der Waals surface area (Å²) in [6.45, 7) is 6.92. The van der Waals surface area contributed by atoms with E-state index >= 15 is 0 Å². The van der Waals surface area contributed by atoms with Gasteiger partial charge >= 0.3 is 13.7 Å². The summed E-state index contributed by atoms with van der Waals surface area (Å²) in [5, 5.41) is 3.04. The molecule has 0 spiro atoms. The number of hydrogen-bond acceptors (Lipinski definition) is 5.